The molecule has 0 aliphatic carbocycles. The van der Waals surface area contributed by atoms with E-state index in [1.165, 1.54) is 0 Å². The fraction of sp³-hybridized carbons (Fsp3) is 0.222. The molecule has 0 aliphatic rings. The number of anilines is 2. The number of nitrogen functional groups attached to an aromatic ring is 2. The molecule has 1 aromatic rings. The zero-order chi connectivity index (χ0) is 9.14. The van der Waals surface area contributed by atoms with Crippen LogP contribution in [0.25, 0.3) is 0 Å². The van der Waals surface area contributed by atoms with Crippen molar-refractivity contribution >= 4 is 17.2 Å². The Balaban J connectivity index is 3.21. The van der Waals surface area contributed by atoms with E-state index in [1.54, 1.807) is 25.1 Å². The third kappa shape index (κ3) is 1.39. The van der Waals surface area contributed by atoms with E-state index in [2.05, 4.69) is 0 Å². The normalized spacial score (nSPS) is 9.75. The fourth-order valence-electron chi connectivity index (χ4n) is 1.09. The highest BCUT2D eigenvalue weighted by Gasteiger charge is 2.10. The molecule has 3 heteroatoms. The lowest BCUT2D eigenvalue weighted by atomic mass is 10.1. The molecular weight excluding hydrogens is 152 g/mol. The van der Waals surface area contributed by atoms with Crippen molar-refractivity contribution < 1.29 is 4.79 Å². The van der Waals surface area contributed by atoms with E-state index in [0.29, 0.717) is 23.4 Å². The molecule has 0 spiro atoms. The number of hydrogen-bond acceptors (Lipinski definition) is 3. The second kappa shape index (κ2) is 3.26. The van der Waals surface area contributed by atoms with Gasteiger partial charge in [-0.1, -0.05) is 13.0 Å². The summed E-state index contributed by atoms with van der Waals surface area (Å²) in [5, 5.41) is 0. The Morgan fingerprint density at radius 2 is 1.83 bits per heavy atom. The van der Waals surface area contributed by atoms with Gasteiger partial charge in [0.15, 0.2) is 5.78 Å². The van der Waals surface area contributed by atoms with E-state index in [1.807, 2.05) is 0 Å². The highest BCUT2D eigenvalue weighted by Crippen LogP contribution is 2.20. The summed E-state index contributed by atoms with van der Waals surface area (Å²) < 4.78 is 0. The average molecular weight is 164 g/mol. The summed E-state index contributed by atoms with van der Waals surface area (Å²) in [5.74, 6) is -0.00870. The first kappa shape index (κ1) is 8.59. The maximum Gasteiger partial charge on any atom is 0.166 e. The van der Waals surface area contributed by atoms with E-state index in [0.717, 1.165) is 0 Å². The lowest BCUT2D eigenvalue weighted by molar-refractivity contribution is 0.0990. The molecule has 0 fully saturated rings. The highest BCUT2D eigenvalue weighted by atomic mass is 16.1. The molecule has 12 heavy (non-hydrogen) atoms. The molecule has 0 atom stereocenters. The van der Waals surface area contributed by atoms with E-state index < -0.39 is 0 Å². The fourth-order valence-corrected chi connectivity index (χ4v) is 1.09. The van der Waals surface area contributed by atoms with Gasteiger partial charge in [-0.2, -0.15) is 0 Å². The second-order valence-electron chi connectivity index (χ2n) is 2.59. The molecule has 0 heterocycles. The standard InChI is InChI=1S/C9H12N2O/c1-2-8(12)9-6(10)4-3-5-7(9)11/h3-5H,2,10-11H2,1H3. The van der Waals surface area contributed by atoms with Crippen molar-refractivity contribution in [1.82, 2.24) is 0 Å². The summed E-state index contributed by atoms with van der Waals surface area (Å²) in [4.78, 5) is 11.3. The molecule has 0 aromatic heterocycles. The van der Waals surface area contributed by atoms with Crippen LogP contribution < -0.4 is 11.5 Å². The van der Waals surface area contributed by atoms with Crippen LogP contribution >= 0.6 is 0 Å². The molecule has 3 nitrogen and oxygen atoms in total. The van der Waals surface area contributed by atoms with Crippen molar-refractivity contribution in [3.05, 3.63) is 23.8 Å². The topological polar surface area (TPSA) is 69.1 Å². The predicted molar refractivity (Wildman–Crippen MR) is 49.9 cm³/mol. The van der Waals surface area contributed by atoms with Gasteiger partial charge in [0, 0.05) is 17.8 Å². The zero-order valence-corrected chi connectivity index (χ0v) is 7.00. The number of Topliss-reactive ketones (excluding diaryl/α,β-unsaturated/α-hetero) is 1. The zero-order valence-electron chi connectivity index (χ0n) is 7.00. The lowest BCUT2D eigenvalue weighted by Crippen LogP contribution is -2.06. The summed E-state index contributed by atoms with van der Waals surface area (Å²) in [6, 6.07) is 5.09. The summed E-state index contributed by atoms with van der Waals surface area (Å²) in [6.45, 7) is 1.79. The number of carbonyl (C=O) groups excluding carboxylic acids is 1. The average Bonchev–Trinajstić information content (AvgIpc) is 2.03. The summed E-state index contributed by atoms with van der Waals surface area (Å²) in [7, 11) is 0. The number of ketones is 1. The van der Waals surface area contributed by atoms with E-state index in [-0.39, 0.29) is 5.78 Å². The van der Waals surface area contributed by atoms with Gasteiger partial charge in [-0.05, 0) is 12.1 Å². The Hall–Kier alpha value is -1.51. The predicted octanol–water partition coefficient (Wildman–Crippen LogP) is 1.44. The Bertz CT molecular complexity index is 287. The molecule has 0 bridgehead atoms. The molecule has 0 saturated heterocycles. The Morgan fingerprint density at radius 1 is 1.33 bits per heavy atom. The van der Waals surface area contributed by atoms with Gasteiger partial charge in [-0.25, -0.2) is 0 Å². The smallest absolute Gasteiger partial charge is 0.166 e. The van der Waals surface area contributed by atoms with Gasteiger partial charge in [0.25, 0.3) is 0 Å². The third-order valence-electron chi connectivity index (χ3n) is 1.73. The van der Waals surface area contributed by atoms with Gasteiger partial charge < -0.3 is 11.5 Å². The molecule has 1 aromatic carbocycles. The lowest BCUT2D eigenvalue weighted by Gasteiger charge is -2.05. The van der Waals surface area contributed by atoms with Crippen LogP contribution in [-0.4, -0.2) is 5.78 Å². The summed E-state index contributed by atoms with van der Waals surface area (Å²) in [6.07, 6.45) is 0.429. The minimum Gasteiger partial charge on any atom is -0.398 e. The van der Waals surface area contributed by atoms with Gasteiger partial charge >= 0.3 is 0 Å². The quantitative estimate of drug-likeness (QED) is 0.513. The van der Waals surface area contributed by atoms with Crippen LogP contribution in [0.15, 0.2) is 18.2 Å². The first-order valence-corrected chi connectivity index (χ1v) is 3.84. The van der Waals surface area contributed by atoms with Crippen molar-refractivity contribution in [2.75, 3.05) is 11.5 Å². The van der Waals surface area contributed by atoms with Crippen LogP contribution in [0.1, 0.15) is 23.7 Å². The monoisotopic (exact) mass is 164 g/mol. The number of benzene rings is 1. The van der Waals surface area contributed by atoms with Crippen LogP contribution in [0.3, 0.4) is 0 Å². The number of hydrogen-bond donors (Lipinski definition) is 2. The molecule has 0 aliphatic heterocycles. The van der Waals surface area contributed by atoms with Gasteiger partial charge in [0.05, 0.1) is 5.56 Å². The van der Waals surface area contributed by atoms with Crippen LogP contribution in [0.4, 0.5) is 11.4 Å². The molecule has 0 amide bonds. The van der Waals surface area contributed by atoms with Gasteiger partial charge in [-0.15, -0.1) is 0 Å². The van der Waals surface area contributed by atoms with Crippen LogP contribution in [0.2, 0.25) is 0 Å². The van der Waals surface area contributed by atoms with Gasteiger partial charge in [-0.3, -0.25) is 4.79 Å². The Morgan fingerprint density at radius 3 is 2.25 bits per heavy atom. The Kier molecular flexibility index (Phi) is 2.33. The SMILES string of the molecule is CCC(=O)c1c(N)cccc1N. The molecule has 4 N–H and O–H groups in total. The first-order chi connectivity index (χ1) is 5.66. The largest absolute Gasteiger partial charge is 0.398 e. The molecular formula is C9H12N2O. The minimum absolute atomic E-state index is 0.00870. The maximum atomic E-state index is 11.3. The van der Waals surface area contributed by atoms with Crippen molar-refractivity contribution in [2.45, 2.75) is 13.3 Å². The highest BCUT2D eigenvalue weighted by molar-refractivity contribution is 6.05. The van der Waals surface area contributed by atoms with Crippen LogP contribution in [0.5, 0.6) is 0 Å². The molecule has 0 unspecified atom stereocenters. The second-order valence-corrected chi connectivity index (χ2v) is 2.59. The number of carbonyl (C=O) groups is 1. The molecule has 64 valence electrons. The number of rotatable bonds is 2. The van der Waals surface area contributed by atoms with Crippen molar-refractivity contribution in [2.24, 2.45) is 0 Å². The van der Waals surface area contributed by atoms with Gasteiger partial charge in [0.2, 0.25) is 0 Å². The van der Waals surface area contributed by atoms with Gasteiger partial charge in [0.1, 0.15) is 0 Å². The minimum atomic E-state index is -0.00870. The number of nitrogens with two attached hydrogens (primary N) is 2. The van der Waals surface area contributed by atoms with Crippen LogP contribution in [-0.2, 0) is 0 Å². The Labute approximate surface area is 71.4 Å². The van der Waals surface area contributed by atoms with E-state index in [9.17, 15) is 4.79 Å². The van der Waals surface area contributed by atoms with E-state index >= 15 is 0 Å². The summed E-state index contributed by atoms with van der Waals surface area (Å²) in [5.41, 5.74) is 12.6. The van der Waals surface area contributed by atoms with Crippen molar-refractivity contribution in [1.29, 1.82) is 0 Å². The third-order valence-corrected chi connectivity index (χ3v) is 1.73. The molecule has 0 radical (unpaired) electrons. The molecule has 0 saturated carbocycles. The van der Waals surface area contributed by atoms with E-state index in [4.69, 9.17) is 11.5 Å². The van der Waals surface area contributed by atoms with Crippen molar-refractivity contribution in [3.63, 3.8) is 0 Å². The molecule has 1 rings (SSSR count). The van der Waals surface area contributed by atoms with Crippen LogP contribution in [0, 0.1) is 0 Å². The first-order valence-electron chi connectivity index (χ1n) is 3.84. The summed E-state index contributed by atoms with van der Waals surface area (Å²) >= 11 is 0. The van der Waals surface area contributed by atoms with Crippen molar-refractivity contribution in [3.8, 4) is 0 Å². The maximum absolute atomic E-state index is 11.3.